The van der Waals surface area contributed by atoms with Crippen molar-refractivity contribution >= 4 is 35.0 Å². The number of ether oxygens (including phenoxy) is 1. The van der Waals surface area contributed by atoms with Crippen LogP contribution < -0.4 is 10.2 Å². The molecule has 0 aromatic heterocycles. The summed E-state index contributed by atoms with van der Waals surface area (Å²) in [5, 5.41) is 13.8. The smallest absolute Gasteiger partial charge is 0.413 e. The van der Waals surface area contributed by atoms with Gasteiger partial charge in [-0.1, -0.05) is 0 Å². The molecule has 0 saturated carbocycles. The van der Waals surface area contributed by atoms with Crippen LogP contribution in [-0.2, 0) is 9.53 Å². The number of nitro benzene ring substituents is 1. The number of rotatable bonds is 5. The number of nitro groups is 1. The van der Waals surface area contributed by atoms with Gasteiger partial charge in [-0.2, -0.15) is 0 Å². The van der Waals surface area contributed by atoms with Crippen LogP contribution in [0.5, 0.6) is 0 Å². The summed E-state index contributed by atoms with van der Waals surface area (Å²) in [5.74, 6) is -0.653. The van der Waals surface area contributed by atoms with Crippen molar-refractivity contribution in [3.05, 3.63) is 63.7 Å². The first kappa shape index (κ1) is 22.7. The maximum atomic E-state index is 13.0. The molecule has 1 aliphatic rings. The van der Waals surface area contributed by atoms with Crippen molar-refractivity contribution < 1.29 is 24.0 Å². The Hall–Kier alpha value is -3.95. The summed E-state index contributed by atoms with van der Waals surface area (Å²) >= 11 is 0. The second-order valence-electron chi connectivity index (χ2n) is 7.48. The van der Waals surface area contributed by atoms with Gasteiger partial charge in [-0.15, -0.1) is 0 Å². The summed E-state index contributed by atoms with van der Waals surface area (Å²) in [5.41, 5.74) is 1.77. The molecule has 1 atom stereocenters. The topological polar surface area (TPSA) is 122 Å². The van der Waals surface area contributed by atoms with E-state index >= 15 is 0 Å². The average molecular weight is 440 g/mol. The van der Waals surface area contributed by atoms with Crippen LogP contribution >= 0.6 is 0 Å². The lowest BCUT2D eigenvalue weighted by Crippen LogP contribution is -2.43. The average Bonchev–Trinajstić information content (AvgIpc) is 3.27. The molecule has 168 valence electrons. The number of nitrogens with zero attached hydrogens (tertiary/aromatic N) is 3. The quantitative estimate of drug-likeness (QED) is 0.562. The number of hydrogen-bond acceptors (Lipinski definition) is 6. The van der Waals surface area contributed by atoms with E-state index in [4.69, 9.17) is 0 Å². The summed E-state index contributed by atoms with van der Waals surface area (Å²) in [7, 11) is 2.86. The van der Waals surface area contributed by atoms with E-state index < -0.39 is 17.1 Å². The van der Waals surface area contributed by atoms with Gasteiger partial charge in [-0.25, -0.2) is 4.79 Å². The number of amides is 3. The Bertz CT molecular complexity index is 1050. The van der Waals surface area contributed by atoms with Crippen molar-refractivity contribution in [2.24, 2.45) is 0 Å². The van der Waals surface area contributed by atoms with Crippen molar-refractivity contribution in [1.29, 1.82) is 0 Å². The van der Waals surface area contributed by atoms with E-state index in [9.17, 15) is 24.5 Å². The largest absolute Gasteiger partial charge is 0.452 e. The van der Waals surface area contributed by atoms with E-state index in [1.54, 1.807) is 38.2 Å². The number of carbonyl (C=O) groups excluding carboxylic acids is 3. The molecule has 10 heteroatoms. The molecular weight excluding hydrogens is 416 g/mol. The SMILES string of the molecule is COC(=O)N(C)c1ccc(NC(=O)C2CCCN2C(=O)c2ccc([N+](=O)[O-])c(C)c2)cc1. The zero-order valence-electron chi connectivity index (χ0n) is 18.0. The van der Waals surface area contributed by atoms with Gasteiger partial charge >= 0.3 is 6.09 Å². The number of likely N-dealkylation sites (tertiary alicyclic amines) is 1. The van der Waals surface area contributed by atoms with Gasteiger partial charge in [0.25, 0.3) is 11.6 Å². The number of anilines is 2. The van der Waals surface area contributed by atoms with E-state index in [1.165, 1.54) is 35.1 Å². The van der Waals surface area contributed by atoms with Gasteiger partial charge in [0.1, 0.15) is 6.04 Å². The molecule has 1 aliphatic heterocycles. The van der Waals surface area contributed by atoms with Crippen LogP contribution in [0.15, 0.2) is 42.5 Å². The Labute approximate surface area is 184 Å². The van der Waals surface area contributed by atoms with Crippen molar-refractivity contribution in [3.8, 4) is 0 Å². The predicted octanol–water partition coefficient (Wildman–Crippen LogP) is 3.35. The molecule has 3 amide bonds. The van der Waals surface area contributed by atoms with Gasteiger partial charge in [-0.05, 0) is 56.2 Å². The number of benzene rings is 2. The first-order valence-corrected chi connectivity index (χ1v) is 10.0. The Morgan fingerprint density at radius 3 is 2.47 bits per heavy atom. The number of carbonyl (C=O) groups is 3. The summed E-state index contributed by atoms with van der Waals surface area (Å²) in [4.78, 5) is 50.8. The third-order valence-electron chi connectivity index (χ3n) is 5.43. The van der Waals surface area contributed by atoms with Gasteiger partial charge in [0.15, 0.2) is 0 Å². The molecule has 1 N–H and O–H groups in total. The second-order valence-corrected chi connectivity index (χ2v) is 7.48. The maximum absolute atomic E-state index is 13.0. The first-order chi connectivity index (χ1) is 15.2. The fraction of sp³-hybridized carbons (Fsp3) is 0.318. The highest BCUT2D eigenvalue weighted by atomic mass is 16.6. The highest BCUT2D eigenvalue weighted by molar-refractivity contribution is 6.02. The van der Waals surface area contributed by atoms with Gasteiger partial charge in [0.05, 0.1) is 12.0 Å². The molecule has 0 aliphatic carbocycles. The molecule has 10 nitrogen and oxygen atoms in total. The Morgan fingerprint density at radius 2 is 1.88 bits per heavy atom. The van der Waals surface area contributed by atoms with Crippen LogP contribution in [0.3, 0.4) is 0 Å². The molecule has 0 spiro atoms. The van der Waals surface area contributed by atoms with Crippen molar-refractivity contribution in [2.45, 2.75) is 25.8 Å². The number of aryl methyl sites for hydroxylation is 1. The van der Waals surface area contributed by atoms with Crippen LogP contribution in [0.1, 0.15) is 28.8 Å². The number of methoxy groups -OCH3 is 1. The van der Waals surface area contributed by atoms with E-state index in [0.717, 1.165) is 0 Å². The number of hydrogen-bond donors (Lipinski definition) is 1. The van der Waals surface area contributed by atoms with Crippen LogP contribution in [-0.4, -0.2) is 54.5 Å². The summed E-state index contributed by atoms with van der Waals surface area (Å²) in [6, 6.07) is 10.2. The molecule has 1 fully saturated rings. The van der Waals surface area contributed by atoms with E-state index in [2.05, 4.69) is 10.1 Å². The fourth-order valence-electron chi connectivity index (χ4n) is 3.68. The minimum Gasteiger partial charge on any atom is -0.452 e. The predicted molar refractivity (Wildman–Crippen MR) is 118 cm³/mol. The normalized spacial score (nSPS) is 15.2. The summed E-state index contributed by atoms with van der Waals surface area (Å²) in [6.07, 6.45) is 0.689. The van der Waals surface area contributed by atoms with Crippen LogP contribution in [0.25, 0.3) is 0 Å². The zero-order valence-corrected chi connectivity index (χ0v) is 18.0. The second kappa shape index (κ2) is 9.46. The lowest BCUT2D eigenvalue weighted by molar-refractivity contribution is -0.385. The van der Waals surface area contributed by atoms with Crippen molar-refractivity contribution in [2.75, 3.05) is 30.9 Å². The Kier molecular flexibility index (Phi) is 6.72. The highest BCUT2D eigenvalue weighted by Crippen LogP contribution is 2.25. The maximum Gasteiger partial charge on any atom is 0.413 e. The molecule has 3 rings (SSSR count). The van der Waals surface area contributed by atoms with Crippen LogP contribution in [0.2, 0.25) is 0 Å². The van der Waals surface area contributed by atoms with E-state index in [0.29, 0.717) is 41.9 Å². The van der Waals surface area contributed by atoms with Crippen molar-refractivity contribution in [3.63, 3.8) is 0 Å². The number of nitrogens with one attached hydrogen (secondary N) is 1. The molecule has 0 bridgehead atoms. The van der Waals surface area contributed by atoms with Crippen LogP contribution in [0.4, 0.5) is 21.9 Å². The molecule has 32 heavy (non-hydrogen) atoms. The van der Waals surface area contributed by atoms with Gasteiger partial charge in [0.2, 0.25) is 5.91 Å². The van der Waals surface area contributed by atoms with Gasteiger partial charge in [0, 0.05) is 42.2 Å². The Morgan fingerprint density at radius 1 is 1.19 bits per heavy atom. The zero-order chi connectivity index (χ0) is 23.4. The van der Waals surface area contributed by atoms with Crippen LogP contribution in [0, 0.1) is 17.0 Å². The fourth-order valence-corrected chi connectivity index (χ4v) is 3.68. The van der Waals surface area contributed by atoms with Gasteiger partial charge < -0.3 is 15.0 Å². The third-order valence-corrected chi connectivity index (χ3v) is 5.43. The minimum atomic E-state index is -0.643. The molecule has 2 aromatic rings. The molecule has 0 radical (unpaired) electrons. The third kappa shape index (κ3) is 4.69. The molecular formula is C22H24N4O6. The summed E-state index contributed by atoms with van der Waals surface area (Å²) in [6.45, 7) is 2.00. The minimum absolute atomic E-state index is 0.0569. The lowest BCUT2D eigenvalue weighted by atomic mass is 10.1. The highest BCUT2D eigenvalue weighted by Gasteiger charge is 2.35. The lowest BCUT2D eigenvalue weighted by Gasteiger charge is -2.24. The first-order valence-electron chi connectivity index (χ1n) is 10.0. The molecule has 1 saturated heterocycles. The standard InChI is InChI=1S/C22H24N4O6/c1-14-13-15(6-11-18(14)26(30)31)21(28)25-12-4-5-19(25)20(27)23-16-7-9-17(10-8-16)24(2)22(29)32-3/h6-11,13,19H,4-5,12H2,1-3H3,(H,23,27). The molecule has 1 heterocycles. The van der Waals surface area contributed by atoms with Crippen molar-refractivity contribution in [1.82, 2.24) is 4.90 Å². The van der Waals surface area contributed by atoms with E-state index in [1.807, 2.05) is 0 Å². The van der Waals surface area contributed by atoms with E-state index in [-0.39, 0.29) is 17.5 Å². The Balaban J connectivity index is 1.70. The summed E-state index contributed by atoms with van der Waals surface area (Å²) < 4.78 is 4.67. The monoisotopic (exact) mass is 440 g/mol. The molecule has 2 aromatic carbocycles. The van der Waals surface area contributed by atoms with Gasteiger partial charge in [-0.3, -0.25) is 24.6 Å². The molecule has 1 unspecified atom stereocenters.